The molecule has 0 atom stereocenters. The van der Waals surface area contributed by atoms with Gasteiger partial charge < -0.3 is 9.84 Å². The Morgan fingerprint density at radius 1 is 1.19 bits per heavy atom. The quantitative estimate of drug-likeness (QED) is 0.884. The molecule has 4 rings (SSSR count). The van der Waals surface area contributed by atoms with Gasteiger partial charge in [0.1, 0.15) is 5.82 Å². The summed E-state index contributed by atoms with van der Waals surface area (Å²) in [6.45, 7) is 3.40. The van der Waals surface area contributed by atoms with Gasteiger partial charge in [-0.1, -0.05) is 30.2 Å². The van der Waals surface area contributed by atoms with Crippen molar-refractivity contribution in [3.05, 3.63) is 40.7 Å². The molecule has 0 spiro atoms. The monoisotopic (exact) mass is 359 g/mol. The van der Waals surface area contributed by atoms with Crippen molar-refractivity contribution in [2.45, 2.75) is 63.0 Å². The summed E-state index contributed by atoms with van der Waals surface area (Å²) in [5, 5.41) is 10.6. The number of hydrogen-bond donors (Lipinski definition) is 1. The lowest BCUT2D eigenvalue weighted by molar-refractivity contribution is -0.0626. The average Bonchev–Trinajstić information content (AvgIpc) is 2.58. The lowest BCUT2D eigenvalue weighted by Crippen LogP contribution is -2.43. The molecule has 1 aromatic carbocycles. The molecule has 26 heavy (non-hydrogen) atoms. The maximum Gasteiger partial charge on any atom is 0.130 e. The van der Waals surface area contributed by atoms with Crippen LogP contribution in [0.4, 0.5) is 4.39 Å². The van der Waals surface area contributed by atoms with Gasteiger partial charge in [-0.3, -0.25) is 4.90 Å². The molecule has 0 unspecified atom stereocenters. The van der Waals surface area contributed by atoms with E-state index in [9.17, 15) is 9.50 Å². The van der Waals surface area contributed by atoms with Crippen LogP contribution in [0.15, 0.2) is 23.8 Å². The van der Waals surface area contributed by atoms with Gasteiger partial charge in [0.25, 0.3) is 0 Å². The molecule has 1 aromatic rings. The highest BCUT2D eigenvalue weighted by Crippen LogP contribution is 2.30. The van der Waals surface area contributed by atoms with E-state index >= 15 is 0 Å². The molecule has 3 aliphatic rings. The van der Waals surface area contributed by atoms with Gasteiger partial charge in [-0.05, 0) is 50.2 Å². The van der Waals surface area contributed by atoms with Crippen molar-refractivity contribution < 1.29 is 14.2 Å². The number of nitrogens with zero attached hydrogens (tertiary/aromatic N) is 1. The van der Waals surface area contributed by atoms with Crippen molar-refractivity contribution in [3.8, 4) is 0 Å². The SMILES string of the molecule is OC1(Cc2ccc(C=C3CCN(C4CCC4)CC3)c(F)c2)CCOCC1. The molecular formula is C22H30FNO2. The van der Waals surface area contributed by atoms with Crippen molar-refractivity contribution in [2.24, 2.45) is 0 Å². The van der Waals surface area contributed by atoms with E-state index in [0.29, 0.717) is 38.0 Å². The van der Waals surface area contributed by atoms with E-state index in [2.05, 4.69) is 4.90 Å². The third-order valence-corrected chi connectivity index (χ3v) is 6.41. The van der Waals surface area contributed by atoms with Gasteiger partial charge >= 0.3 is 0 Å². The molecule has 0 aromatic heterocycles. The van der Waals surface area contributed by atoms with E-state index in [1.54, 1.807) is 6.07 Å². The summed E-state index contributed by atoms with van der Waals surface area (Å²) in [5.74, 6) is -0.174. The minimum absolute atomic E-state index is 0.174. The Hall–Kier alpha value is -1.23. The number of benzene rings is 1. The van der Waals surface area contributed by atoms with Crippen LogP contribution in [0.25, 0.3) is 6.08 Å². The number of aliphatic hydroxyl groups is 1. The zero-order chi connectivity index (χ0) is 18.0. The fourth-order valence-corrected chi connectivity index (χ4v) is 4.40. The van der Waals surface area contributed by atoms with Gasteiger partial charge in [0.15, 0.2) is 0 Å². The molecule has 0 bridgehead atoms. The second kappa shape index (κ2) is 7.79. The first kappa shape index (κ1) is 18.1. The number of hydrogen-bond acceptors (Lipinski definition) is 3. The Balaban J connectivity index is 1.38. The van der Waals surface area contributed by atoms with Crippen LogP contribution < -0.4 is 0 Å². The molecule has 0 radical (unpaired) electrons. The zero-order valence-corrected chi connectivity index (χ0v) is 15.6. The first-order valence-corrected chi connectivity index (χ1v) is 10.1. The topological polar surface area (TPSA) is 32.7 Å². The van der Waals surface area contributed by atoms with E-state index < -0.39 is 5.60 Å². The Morgan fingerprint density at radius 3 is 2.54 bits per heavy atom. The van der Waals surface area contributed by atoms with Crippen LogP contribution in [0.2, 0.25) is 0 Å². The van der Waals surface area contributed by atoms with E-state index in [1.807, 2.05) is 18.2 Å². The largest absolute Gasteiger partial charge is 0.389 e. The summed E-state index contributed by atoms with van der Waals surface area (Å²) in [5.41, 5.74) is 2.16. The Bertz CT molecular complexity index is 652. The van der Waals surface area contributed by atoms with Gasteiger partial charge in [0, 0.05) is 44.3 Å². The summed E-state index contributed by atoms with van der Waals surface area (Å²) in [6, 6.07) is 6.25. The number of halogens is 1. The highest BCUT2D eigenvalue weighted by molar-refractivity contribution is 5.54. The molecular weight excluding hydrogens is 329 g/mol. The van der Waals surface area contributed by atoms with Crippen LogP contribution in [0.3, 0.4) is 0 Å². The summed E-state index contributed by atoms with van der Waals surface area (Å²) < 4.78 is 19.9. The highest BCUT2D eigenvalue weighted by atomic mass is 19.1. The Kier molecular flexibility index (Phi) is 5.44. The summed E-state index contributed by atoms with van der Waals surface area (Å²) in [7, 11) is 0. The first-order chi connectivity index (χ1) is 12.6. The molecule has 4 heteroatoms. The summed E-state index contributed by atoms with van der Waals surface area (Å²) >= 11 is 0. The molecule has 1 saturated carbocycles. The van der Waals surface area contributed by atoms with Crippen molar-refractivity contribution >= 4 is 6.08 Å². The molecule has 2 aliphatic heterocycles. The van der Waals surface area contributed by atoms with Crippen LogP contribution >= 0.6 is 0 Å². The number of ether oxygens (including phenoxy) is 1. The van der Waals surface area contributed by atoms with Crippen LogP contribution in [0.5, 0.6) is 0 Å². The first-order valence-electron chi connectivity index (χ1n) is 10.1. The van der Waals surface area contributed by atoms with Gasteiger partial charge in [0.2, 0.25) is 0 Å². The van der Waals surface area contributed by atoms with Crippen LogP contribution in [0, 0.1) is 5.82 Å². The molecule has 3 nitrogen and oxygen atoms in total. The second-order valence-electron chi connectivity index (χ2n) is 8.29. The fraction of sp³-hybridized carbons (Fsp3) is 0.636. The number of piperidine rings is 1. The molecule has 2 saturated heterocycles. The zero-order valence-electron chi connectivity index (χ0n) is 15.6. The molecule has 3 fully saturated rings. The lowest BCUT2D eigenvalue weighted by Gasteiger charge is -2.40. The van der Waals surface area contributed by atoms with Gasteiger partial charge in [-0.2, -0.15) is 0 Å². The van der Waals surface area contributed by atoms with Gasteiger partial charge in [0.05, 0.1) is 5.60 Å². The minimum Gasteiger partial charge on any atom is -0.389 e. The maximum atomic E-state index is 14.6. The minimum atomic E-state index is -0.751. The normalized spacial score (nSPS) is 24.3. The van der Waals surface area contributed by atoms with E-state index in [4.69, 9.17) is 4.74 Å². The van der Waals surface area contributed by atoms with Crippen molar-refractivity contribution in [2.75, 3.05) is 26.3 Å². The van der Waals surface area contributed by atoms with Gasteiger partial charge in [-0.15, -0.1) is 0 Å². The van der Waals surface area contributed by atoms with E-state index in [-0.39, 0.29) is 5.82 Å². The van der Waals surface area contributed by atoms with Crippen LogP contribution in [-0.2, 0) is 11.2 Å². The van der Waals surface area contributed by atoms with E-state index in [0.717, 1.165) is 37.5 Å². The second-order valence-corrected chi connectivity index (χ2v) is 8.29. The number of likely N-dealkylation sites (tertiary alicyclic amines) is 1. The molecule has 1 N–H and O–H groups in total. The van der Waals surface area contributed by atoms with Crippen molar-refractivity contribution in [3.63, 3.8) is 0 Å². The van der Waals surface area contributed by atoms with Crippen LogP contribution in [-0.4, -0.2) is 48.0 Å². The fourth-order valence-electron chi connectivity index (χ4n) is 4.40. The summed E-state index contributed by atoms with van der Waals surface area (Å²) in [4.78, 5) is 2.61. The Morgan fingerprint density at radius 2 is 1.92 bits per heavy atom. The average molecular weight is 359 g/mol. The van der Waals surface area contributed by atoms with Crippen LogP contribution in [0.1, 0.15) is 56.1 Å². The third-order valence-electron chi connectivity index (χ3n) is 6.41. The molecule has 2 heterocycles. The summed E-state index contributed by atoms with van der Waals surface area (Å²) in [6.07, 6.45) is 9.98. The third kappa shape index (κ3) is 4.19. The van der Waals surface area contributed by atoms with Gasteiger partial charge in [-0.25, -0.2) is 4.39 Å². The predicted molar refractivity (Wildman–Crippen MR) is 102 cm³/mol. The maximum absolute atomic E-state index is 14.6. The van der Waals surface area contributed by atoms with Crippen molar-refractivity contribution in [1.82, 2.24) is 4.90 Å². The molecule has 142 valence electrons. The number of rotatable bonds is 4. The predicted octanol–water partition coefficient (Wildman–Crippen LogP) is 3.94. The molecule has 0 amide bonds. The Labute approximate surface area is 155 Å². The van der Waals surface area contributed by atoms with Crippen molar-refractivity contribution in [1.29, 1.82) is 0 Å². The smallest absolute Gasteiger partial charge is 0.130 e. The molecule has 1 aliphatic carbocycles. The lowest BCUT2D eigenvalue weighted by atomic mass is 9.87. The highest BCUT2D eigenvalue weighted by Gasteiger charge is 2.30. The van der Waals surface area contributed by atoms with E-state index in [1.165, 1.54) is 24.8 Å². The standard InChI is InChI=1S/C22H30FNO2/c23-21-15-18(16-22(25)8-12-26-13-9-22)4-5-19(21)14-17-6-10-24(11-7-17)20-2-1-3-20/h4-5,14-15,20,25H,1-3,6-13,16H2.